The molecular formula is C24H30ClN3O. The molecule has 2 aromatic carbocycles. The molecule has 1 fully saturated rings. The molecule has 0 N–H and O–H groups in total. The number of nitrogens with zero attached hydrogens (tertiary/aromatic N) is 3. The van der Waals surface area contributed by atoms with Crippen molar-refractivity contribution in [1.29, 1.82) is 0 Å². The predicted octanol–water partition coefficient (Wildman–Crippen LogP) is 5.92. The van der Waals surface area contributed by atoms with E-state index < -0.39 is 0 Å². The fraction of sp³-hybridized carbons (Fsp3) is 0.458. The van der Waals surface area contributed by atoms with E-state index >= 15 is 0 Å². The molecule has 4 nitrogen and oxygen atoms in total. The molecule has 0 radical (unpaired) electrons. The topological polar surface area (TPSA) is 30.3 Å². The lowest BCUT2D eigenvalue weighted by molar-refractivity contribution is 0.265. The number of aromatic nitrogens is 2. The van der Waals surface area contributed by atoms with Crippen LogP contribution < -0.4 is 4.74 Å². The molecule has 0 spiro atoms. The number of para-hydroxylation sites is 2. The van der Waals surface area contributed by atoms with Gasteiger partial charge in [0.15, 0.2) is 0 Å². The van der Waals surface area contributed by atoms with Crippen LogP contribution in [0.15, 0.2) is 48.5 Å². The Labute approximate surface area is 178 Å². The third-order valence-corrected chi connectivity index (χ3v) is 5.91. The van der Waals surface area contributed by atoms with Gasteiger partial charge in [0.2, 0.25) is 0 Å². The molecule has 4 rings (SSSR count). The minimum atomic E-state index is 0.718. The van der Waals surface area contributed by atoms with Crippen LogP contribution in [0.25, 0.3) is 11.0 Å². The maximum Gasteiger partial charge on any atom is 0.124 e. The van der Waals surface area contributed by atoms with Gasteiger partial charge in [0.25, 0.3) is 0 Å². The van der Waals surface area contributed by atoms with Gasteiger partial charge in [-0.15, -0.1) is 0 Å². The van der Waals surface area contributed by atoms with Gasteiger partial charge in [-0.25, -0.2) is 4.98 Å². The van der Waals surface area contributed by atoms with Gasteiger partial charge in [-0.3, -0.25) is 4.90 Å². The lowest BCUT2D eigenvalue weighted by atomic mass is 10.2. The van der Waals surface area contributed by atoms with E-state index in [9.17, 15) is 0 Å². The molecule has 1 aliphatic rings. The standard InChI is InChI=1S/C24H30ClN3O/c25-20-11-13-21(14-12-20)29-18-8-7-17-28-23-10-4-3-9-22(23)26-24(28)19-27-15-5-1-2-6-16-27/h3-4,9-14H,1-2,5-8,15-19H2. The maximum atomic E-state index is 5.93. The Balaban J connectivity index is 1.36. The van der Waals surface area contributed by atoms with E-state index in [1.807, 2.05) is 24.3 Å². The molecule has 0 amide bonds. The summed E-state index contributed by atoms with van der Waals surface area (Å²) in [6.45, 7) is 5.04. The minimum Gasteiger partial charge on any atom is -0.494 e. The SMILES string of the molecule is Clc1ccc(OCCCCn2c(CN3CCCCCC3)nc3ccccc32)cc1. The van der Waals surface area contributed by atoms with Crippen LogP contribution in [0.1, 0.15) is 44.3 Å². The van der Waals surface area contributed by atoms with Crippen molar-refractivity contribution in [2.45, 2.75) is 51.6 Å². The minimum absolute atomic E-state index is 0.718. The Morgan fingerprint density at radius 3 is 2.45 bits per heavy atom. The highest BCUT2D eigenvalue weighted by atomic mass is 35.5. The predicted molar refractivity (Wildman–Crippen MR) is 120 cm³/mol. The zero-order valence-corrected chi connectivity index (χ0v) is 17.8. The van der Waals surface area contributed by atoms with Gasteiger partial charge in [-0.2, -0.15) is 0 Å². The van der Waals surface area contributed by atoms with Crippen LogP contribution in [0.3, 0.4) is 0 Å². The summed E-state index contributed by atoms with van der Waals surface area (Å²) in [7, 11) is 0. The summed E-state index contributed by atoms with van der Waals surface area (Å²) in [5.41, 5.74) is 2.35. The largest absolute Gasteiger partial charge is 0.494 e. The highest BCUT2D eigenvalue weighted by Crippen LogP contribution is 2.20. The average Bonchev–Trinajstić information content (AvgIpc) is 2.89. The molecule has 2 heterocycles. The van der Waals surface area contributed by atoms with Crippen molar-refractivity contribution in [3.63, 3.8) is 0 Å². The van der Waals surface area contributed by atoms with Crippen molar-refractivity contribution in [2.24, 2.45) is 0 Å². The van der Waals surface area contributed by atoms with Crippen LogP contribution in [0.4, 0.5) is 0 Å². The van der Waals surface area contributed by atoms with Crippen LogP contribution in [0, 0.1) is 0 Å². The molecule has 0 unspecified atom stereocenters. The normalized spacial score (nSPS) is 15.5. The second-order valence-electron chi connectivity index (χ2n) is 7.87. The van der Waals surface area contributed by atoms with E-state index in [4.69, 9.17) is 21.3 Å². The number of halogens is 1. The highest BCUT2D eigenvalue weighted by Gasteiger charge is 2.15. The summed E-state index contributed by atoms with van der Waals surface area (Å²) in [5, 5.41) is 0.737. The maximum absolute atomic E-state index is 5.93. The summed E-state index contributed by atoms with van der Waals surface area (Å²) in [6.07, 6.45) is 7.42. The van der Waals surface area contributed by atoms with Crippen molar-refractivity contribution in [1.82, 2.24) is 14.5 Å². The number of ether oxygens (including phenoxy) is 1. The van der Waals surface area contributed by atoms with Gasteiger partial charge in [0, 0.05) is 11.6 Å². The summed E-state index contributed by atoms with van der Waals surface area (Å²) in [4.78, 5) is 7.55. The van der Waals surface area contributed by atoms with E-state index in [-0.39, 0.29) is 0 Å². The third kappa shape index (κ3) is 5.52. The first-order chi connectivity index (χ1) is 14.3. The van der Waals surface area contributed by atoms with Gasteiger partial charge in [0.1, 0.15) is 11.6 Å². The second-order valence-corrected chi connectivity index (χ2v) is 8.30. The van der Waals surface area contributed by atoms with Crippen molar-refractivity contribution in [3.8, 4) is 5.75 Å². The summed E-state index contributed by atoms with van der Waals surface area (Å²) >= 11 is 5.93. The Kier molecular flexibility index (Phi) is 7.07. The number of likely N-dealkylation sites (tertiary alicyclic amines) is 1. The number of hydrogen-bond donors (Lipinski definition) is 0. The van der Waals surface area contributed by atoms with Crippen LogP contribution in [0.5, 0.6) is 5.75 Å². The van der Waals surface area contributed by atoms with E-state index in [2.05, 4.69) is 33.7 Å². The van der Waals surface area contributed by atoms with Gasteiger partial charge in [-0.1, -0.05) is 36.6 Å². The molecule has 5 heteroatoms. The molecule has 1 aliphatic heterocycles. The van der Waals surface area contributed by atoms with E-state index in [0.29, 0.717) is 0 Å². The molecule has 3 aromatic rings. The Hall–Kier alpha value is -2.04. The molecule has 0 saturated carbocycles. The number of benzene rings is 2. The average molecular weight is 412 g/mol. The van der Waals surface area contributed by atoms with Crippen molar-refractivity contribution >= 4 is 22.6 Å². The molecule has 0 aliphatic carbocycles. The molecule has 29 heavy (non-hydrogen) atoms. The highest BCUT2D eigenvalue weighted by molar-refractivity contribution is 6.30. The van der Waals surface area contributed by atoms with Gasteiger partial charge in [-0.05, 0) is 75.2 Å². The monoisotopic (exact) mass is 411 g/mol. The number of hydrogen-bond acceptors (Lipinski definition) is 3. The zero-order valence-electron chi connectivity index (χ0n) is 17.0. The smallest absolute Gasteiger partial charge is 0.124 e. The Morgan fingerprint density at radius 2 is 1.66 bits per heavy atom. The number of unbranched alkanes of at least 4 members (excludes halogenated alkanes) is 1. The van der Waals surface area contributed by atoms with Crippen LogP contribution in [-0.2, 0) is 13.1 Å². The van der Waals surface area contributed by atoms with Gasteiger partial charge >= 0.3 is 0 Å². The first kappa shape index (κ1) is 20.2. The van der Waals surface area contributed by atoms with Crippen LogP contribution in [-0.4, -0.2) is 34.1 Å². The number of imidazole rings is 1. The second kappa shape index (κ2) is 10.1. The number of aryl methyl sites for hydroxylation is 1. The molecule has 0 atom stereocenters. The molecular weight excluding hydrogens is 382 g/mol. The van der Waals surface area contributed by atoms with E-state index in [1.54, 1.807) is 0 Å². The number of rotatable bonds is 8. The molecule has 0 bridgehead atoms. The van der Waals surface area contributed by atoms with E-state index in [0.717, 1.165) is 48.8 Å². The van der Waals surface area contributed by atoms with Crippen molar-refractivity contribution in [2.75, 3.05) is 19.7 Å². The summed E-state index contributed by atoms with van der Waals surface area (Å²) in [5.74, 6) is 2.08. The molecule has 1 saturated heterocycles. The van der Waals surface area contributed by atoms with Crippen molar-refractivity contribution in [3.05, 3.63) is 59.4 Å². The van der Waals surface area contributed by atoms with Crippen LogP contribution in [0.2, 0.25) is 5.02 Å². The molecule has 1 aromatic heterocycles. The lowest BCUT2D eigenvalue weighted by Gasteiger charge is -2.20. The van der Waals surface area contributed by atoms with Gasteiger partial charge in [0.05, 0.1) is 24.2 Å². The fourth-order valence-electron chi connectivity index (χ4n) is 4.08. The Bertz CT molecular complexity index is 898. The van der Waals surface area contributed by atoms with E-state index in [1.165, 1.54) is 50.1 Å². The fourth-order valence-corrected chi connectivity index (χ4v) is 4.21. The van der Waals surface area contributed by atoms with Crippen molar-refractivity contribution < 1.29 is 4.74 Å². The third-order valence-electron chi connectivity index (χ3n) is 5.66. The van der Waals surface area contributed by atoms with Crippen LogP contribution >= 0.6 is 11.6 Å². The molecule has 154 valence electrons. The lowest BCUT2D eigenvalue weighted by Crippen LogP contribution is -2.26. The quantitative estimate of drug-likeness (QED) is 0.430. The zero-order chi connectivity index (χ0) is 19.9. The number of fused-ring (bicyclic) bond motifs is 1. The Morgan fingerprint density at radius 1 is 0.897 bits per heavy atom. The summed E-state index contributed by atoms with van der Waals surface area (Å²) < 4.78 is 8.26. The first-order valence-corrected chi connectivity index (χ1v) is 11.2. The van der Waals surface area contributed by atoms with Gasteiger partial charge < -0.3 is 9.30 Å². The first-order valence-electron chi connectivity index (χ1n) is 10.8. The summed E-state index contributed by atoms with van der Waals surface area (Å²) in [6, 6.07) is 16.1.